The van der Waals surface area contributed by atoms with Gasteiger partial charge in [0, 0.05) is 24.3 Å². The average molecular weight is 626 g/mol. The molecule has 1 unspecified atom stereocenters. The van der Waals surface area contributed by atoms with Crippen molar-refractivity contribution in [2.75, 3.05) is 24.6 Å². The number of anilines is 1. The molecule has 1 aliphatic heterocycles. The zero-order chi connectivity index (χ0) is 31.1. The molecule has 11 nitrogen and oxygen atoms in total. The Bertz CT molecular complexity index is 1640. The molecule has 3 aromatic heterocycles. The van der Waals surface area contributed by atoms with Crippen molar-refractivity contribution in [1.29, 1.82) is 0 Å². The van der Waals surface area contributed by atoms with Gasteiger partial charge in [-0.15, -0.1) is 5.10 Å². The number of hydrogen-bond donors (Lipinski definition) is 2. The van der Waals surface area contributed by atoms with Gasteiger partial charge in [0.1, 0.15) is 5.82 Å². The Morgan fingerprint density at radius 2 is 1.95 bits per heavy atom. The van der Waals surface area contributed by atoms with Gasteiger partial charge in [0.2, 0.25) is 11.8 Å². The Morgan fingerprint density at radius 3 is 2.66 bits per heavy atom. The minimum absolute atomic E-state index is 0.0689. The SMILES string of the molecule is CC1(C)C[C@H](CCCN)CN1c1nc(-n2ccc(OCCC3CCC34CC4)n2)ccc1C(=O)NS(=O)(=O)c1cccc(F)n1. The number of ether oxygens (including phenoxy) is 1. The number of nitrogens with two attached hydrogens (primary N) is 1. The van der Waals surface area contributed by atoms with Crippen molar-refractivity contribution in [3.8, 4) is 11.7 Å². The minimum Gasteiger partial charge on any atom is -0.477 e. The van der Waals surface area contributed by atoms with Crippen LogP contribution in [0, 0.1) is 23.2 Å². The molecule has 1 saturated heterocycles. The molecule has 1 spiro atoms. The fourth-order valence-electron chi connectivity index (χ4n) is 6.92. The lowest BCUT2D eigenvalue weighted by Gasteiger charge is -2.37. The van der Waals surface area contributed by atoms with Crippen LogP contribution in [0.2, 0.25) is 0 Å². The van der Waals surface area contributed by atoms with Crippen LogP contribution in [0.15, 0.2) is 47.6 Å². The highest BCUT2D eigenvalue weighted by Crippen LogP contribution is 2.65. The van der Waals surface area contributed by atoms with Gasteiger partial charge >= 0.3 is 0 Å². The van der Waals surface area contributed by atoms with E-state index in [1.54, 1.807) is 29.1 Å². The number of pyridine rings is 2. The number of sulfonamides is 1. The molecule has 3 aromatic rings. The number of carbonyl (C=O) groups is 1. The van der Waals surface area contributed by atoms with Gasteiger partial charge in [0.25, 0.3) is 15.9 Å². The van der Waals surface area contributed by atoms with E-state index < -0.39 is 26.9 Å². The molecule has 0 radical (unpaired) electrons. The lowest BCUT2D eigenvalue weighted by atomic mass is 9.69. The standard InChI is InChI=1S/C31H40FN7O4S/c1-30(2)19-21(5-4-16-33)20-38(30)28-23(29(40)37-44(41,42)27-7-3-6-24(32)34-27)8-9-25(35-28)39-17-11-26(36-39)43-18-12-22-10-13-31(22)14-15-31/h3,6-9,11,17,21-22H,4-5,10,12-16,18-20,33H2,1-2H3,(H,37,40)/t21-,22?/m0/s1. The molecule has 2 atom stereocenters. The maximum Gasteiger partial charge on any atom is 0.281 e. The van der Waals surface area contributed by atoms with E-state index in [-0.39, 0.29) is 11.1 Å². The second kappa shape index (κ2) is 11.7. The quantitative estimate of drug-likeness (QED) is 0.283. The Morgan fingerprint density at radius 1 is 1.14 bits per heavy atom. The summed E-state index contributed by atoms with van der Waals surface area (Å²) in [6.07, 6.45) is 10.8. The molecular weight excluding hydrogens is 585 g/mol. The summed E-state index contributed by atoms with van der Waals surface area (Å²) in [4.78, 5) is 23.9. The van der Waals surface area contributed by atoms with Crippen molar-refractivity contribution in [1.82, 2.24) is 24.5 Å². The summed E-state index contributed by atoms with van der Waals surface area (Å²) in [5, 5.41) is 3.99. The molecular formula is C31H40FN7O4S. The Kier molecular flexibility index (Phi) is 8.12. The molecule has 2 aliphatic carbocycles. The monoisotopic (exact) mass is 625 g/mol. The molecule has 3 N–H and O–H groups in total. The lowest BCUT2D eigenvalue weighted by molar-refractivity contribution is 0.0981. The number of carbonyl (C=O) groups excluding carboxylic acids is 1. The van der Waals surface area contributed by atoms with E-state index in [0.717, 1.165) is 43.7 Å². The minimum atomic E-state index is -4.44. The first kappa shape index (κ1) is 30.4. The van der Waals surface area contributed by atoms with Crippen molar-refractivity contribution in [2.24, 2.45) is 23.0 Å². The summed E-state index contributed by atoms with van der Waals surface area (Å²) in [6.45, 7) is 5.98. The van der Waals surface area contributed by atoms with Crippen molar-refractivity contribution in [3.63, 3.8) is 0 Å². The molecule has 3 fully saturated rings. The molecule has 4 heterocycles. The van der Waals surface area contributed by atoms with E-state index in [1.165, 1.54) is 31.7 Å². The van der Waals surface area contributed by atoms with Crippen molar-refractivity contribution < 1.29 is 22.3 Å². The highest BCUT2D eigenvalue weighted by molar-refractivity contribution is 7.90. The van der Waals surface area contributed by atoms with Gasteiger partial charge < -0.3 is 15.4 Å². The van der Waals surface area contributed by atoms with Gasteiger partial charge in [-0.05, 0) is 113 Å². The third-order valence-electron chi connectivity index (χ3n) is 9.59. The molecule has 0 bridgehead atoms. The van der Waals surface area contributed by atoms with E-state index in [2.05, 4.69) is 23.9 Å². The number of nitrogens with one attached hydrogen (secondary N) is 1. The summed E-state index contributed by atoms with van der Waals surface area (Å²) in [6, 6.07) is 8.32. The first-order valence-corrected chi connectivity index (χ1v) is 16.9. The summed E-state index contributed by atoms with van der Waals surface area (Å²) in [5.41, 5.74) is 6.08. The van der Waals surface area contributed by atoms with Gasteiger partial charge in [0.05, 0.1) is 12.2 Å². The Hall–Kier alpha value is -3.58. The normalized spacial score (nSPS) is 21.7. The molecule has 13 heteroatoms. The van der Waals surface area contributed by atoms with Crippen LogP contribution in [-0.4, -0.2) is 59.3 Å². The van der Waals surface area contributed by atoms with Crippen LogP contribution in [0.25, 0.3) is 5.82 Å². The number of hydrogen-bond acceptors (Lipinski definition) is 9. The van der Waals surface area contributed by atoms with Gasteiger partial charge in [-0.2, -0.15) is 12.8 Å². The predicted octanol–water partition coefficient (Wildman–Crippen LogP) is 4.22. The number of rotatable bonds is 12. The van der Waals surface area contributed by atoms with Crippen LogP contribution >= 0.6 is 0 Å². The maximum atomic E-state index is 13.7. The smallest absolute Gasteiger partial charge is 0.281 e. The van der Waals surface area contributed by atoms with Crippen molar-refractivity contribution in [2.45, 2.75) is 75.8 Å². The summed E-state index contributed by atoms with van der Waals surface area (Å²) < 4.78 is 49.2. The Balaban J connectivity index is 1.26. The van der Waals surface area contributed by atoms with Crippen LogP contribution in [0.5, 0.6) is 5.88 Å². The van der Waals surface area contributed by atoms with Crippen molar-refractivity contribution in [3.05, 3.63) is 54.1 Å². The third kappa shape index (κ3) is 6.16. The van der Waals surface area contributed by atoms with E-state index in [1.807, 2.05) is 9.62 Å². The largest absolute Gasteiger partial charge is 0.477 e. The van der Waals surface area contributed by atoms with Gasteiger partial charge in [-0.25, -0.2) is 19.4 Å². The first-order chi connectivity index (χ1) is 21.0. The highest BCUT2D eigenvalue weighted by atomic mass is 32.2. The lowest BCUT2D eigenvalue weighted by Crippen LogP contribution is -2.41. The van der Waals surface area contributed by atoms with Crippen LogP contribution in [0.4, 0.5) is 10.2 Å². The molecule has 236 valence electrons. The van der Waals surface area contributed by atoms with E-state index in [4.69, 9.17) is 15.5 Å². The second-order valence-electron chi connectivity index (χ2n) is 13.0. The summed E-state index contributed by atoms with van der Waals surface area (Å²) >= 11 is 0. The van der Waals surface area contributed by atoms with E-state index in [0.29, 0.717) is 48.5 Å². The Labute approximate surface area is 257 Å². The highest BCUT2D eigenvalue weighted by Gasteiger charge is 2.54. The molecule has 0 aromatic carbocycles. The molecule has 6 rings (SSSR count). The first-order valence-electron chi connectivity index (χ1n) is 15.4. The fraction of sp³-hybridized carbons (Fsp3) is 0.548. The number of amides is 1. The fourth-order valence-corrected chi connectivity index (χ4v) is 7.84. The van der Waals surface area contributed by atoms with E-state index >= 15 is 0 Å². The molecule has 3 aliphatic rings. The van der Waals surface area contributed by atoms with Gasteiger partial charge in [-0.1, -0.05) is 6.07 Å². The van der Waals surface area contributed by atoms with Crippen molar-refractivity contribution >= 4 is 21.7 Å². The number of aromatic nitrogens is 4. The molecule has 44 heavy (non-hydrogen) atoms. The van der Waals surface area contributed by atoms with Crippen LogP contribution in [0.1, 0.15) is 75.6 Å². The summed E-state index contributed by atoms with van der Waals surface area (Å²) in [7, 11) is -4.44. The predicted molar refractivity (Wildman–Crippen MR) is 163 cm³/mol. The van der Waals surface area contributed by atoms with Crippen LogP contribution < -0.4 is 20.1 Å². The zero-order valence-corrected chi connectivity index (χ0v) is 26.0. The number of nitrogens with zero attached hydrogens (tertiary/aromatic N) is 5. The number of halogens is 1. The maximum absolute atomic E-state index is 13.7. The zero-order valence-electron chi connectivity index (χ0n) is 25.2. The van der Waals surface area contributed by atoms with Crippen LogP contribution in [0.3, 0.4) is 0 Å². The topological polar surface area (TPSA) is 145 Å². The average Bonchev–Trinajstić information content (AvgIpc) is 3.59. The van der Waals surface area contributed by atoms with Gasteiger partial charge in [0.15, 0.2) is 10.8 Å². The van der Waals surface area contributed by atoms with Gasteiger partial charge in [-0.3, -0.25) is 4.79 Å². The second-order valence-corrected chi connectivity index (χ2v) is 14.7. The molecule has 1 amide bonds. The molecule has 2 saturated carbocycles. The van der Waals surface area contributed by atoms with E-state index in [9.17, 15) is 17.6 Å². The summed E-state index contributed by atoms with van der Waals surface area (Å²) in [5.74, 6) is 0.512. The third-order valence-corrected chi connectivity index (χ3v) is 10.8. The van der Waals surface area contributed by atoms with Crippen LogP contribution in [-0.2, 0) is 10.0 Å².